The van der Waals surface area contributed by atoms with Gasteiger partial charge < -0.3 is 15.6 Å². The number of nitrogens with zero attached hydrogens (tertiary/aromatic N) is 1. The Morgan fingerprint density at radius 1 is 1.69 bits per heavy atom. The summed E-state index contributed by atoms with van der Waals surface area (Å²) in [4.78, 5) is 18.8. The van der Waals surface area contributed by atoms with Gasteiger partial charge in [-0.2, -0.15) is 0 Å². The number of carbonyl (C=O) groups is 1. The van der Waals surface area contributed by atoms with Crippen LogP contribution in [-0.4, -0.2) is 28.0 Å². The summed E-state index contributed by atoms with van der Waals surface area (Å²) in [6, 6.07) is 0.251. The minimum Gasteiger partial charge on any atom is -0.352 e. The first-order chi connectivity index (χ1) is 7.66. The van der Waals surface area contributed by atoms with Gasteiger partial charge in [0.1, 0.15) is 0 Å². The van der Waals surface area contributed by atoms with Crippen molar-refractivity contribution < 1.29 is 4.79 Å². The number of aryl methyl sites for hydroxylation is 1. The van der Waals surface area contributed by atoms with Gasteiger partial charge >= 0.3 is 0 Å². The van der Waals surface area contributed by atoms with Crippen LogP contribution in [0.4, 0.5) is 0 Å². The fourth-order valence-corrected chi connectivity index (χ4v) is 1.46. The molecule has 1 unspecified atom stereocenters. The SMILES string of the molecule is Cc1[nH]cnc1CNC(C)C(=O)NC1CC1. The van der Waals surface area contributed by atoms with Crippen LogP contribution >= 0.6 is 0 Å². The molecule has 1 amide bonds. The van der Waals surface area contributed by atoms with Crippen LogP contribution in [0.25, 0.3) is 0 Å². The molecule has 1 atom stereocenters. The minimum atomic E-state index is -0.170. The van der Waals surface area contributed by atoms with Crippen LogP contribution in [0.1, 0.15) is 31.2 Å². The molecule has 1 heterocycles. The predicted molar refractivity (Wildman–Crippen MR) is 60.8 cm³/mol. The van der Waals surface area contributed by atoms with E-state index in [9.17, 15) is 4.79 Å². The van der Waals surface area contributed by atoms with E-state index in [4.69, 9.17) is 0 Å². The number of rotatable bonds is 5. The molecule has 16 heavy (non-hydrogen) atoms. The van der Waals surface area contributed by atoms with Crippen molar-refractivity contribution in [3.63, 3.8) is 0 Å². The Labute approximate surface area is 95.0 Å². The standard InChI is InChI=1S/C11H18N4O/c1-7-10(14-6-13-7)5-12-8(2)11(16)15-9-3-4-9/h6,8-9,12H,3-5H2,1-2H3,(H,13,14)(H,15,16). The average Bonchev–Trinajstić information content (AvgIpc) is 2.97. The maximum Gasteiger partial charge on any atom is 0.237 e. The Morgan fingerprint density at radius 2 is 2.44 bits per heavy atom. The number of H-pyrrole nitrogens is 1. The fourth-order valence-electron chi connectivity index (χ4n) is 1.46. The number of carbonyl (C=O) groups excluding carboxylic acids is 1. The van der Waals surface area contributed by atoms with E-state index >= 15 is 0 Å². The van der Waals surface area contributed by atoms with E-state index in [2.05, 4.69) is 20.6 Å². The molecule has 1 fully saturated rings. The highest BCUT2D eigenvalue weighted by molar-refractivity contribution is 5.81. The van der Waals surface area contributed by atoms with Crippen LogP contribution in [0.15, 0.2) is 6.33 Å². The molecule has 3 N–H and O–H groups in total. The summed E-state index contributed by atoms with van der Waals surface area (Å²) in [5, 5.41) is 6.13. The third kappa shape index (κ3) is 2.82. The van der Waals surface area contributed by atoms with Gasteiger partial charge in [0.05, 0.1) is 18.1 Å². The highest BCUT2D eigenvalue weighted by atomic mass is 16.2. The van der Waals surface area contributed by atoms with Crippen molar-refractivity contribution in [2.24, 2.45) is 0 Å². The van der Waals surface area contributed by atoms with Crippen molar-refractivity contribution in [2.45, 2.75) is 45.3 Å². The van der Waals surface area contributed by atoms with E-state index in [1.54, 1.807) is 6.33 Å². The van der Waals surface area contributed by atoms with Gasteiger partial charge in [-0.15, -0.1) is 0 Å². The zero-order valence-corrected chi connectivity index (χ0v) is 9.71. The fraction of sp³-hybridized carbons (Fsp3) is 0.636. The van der Waals surface area contributed by atoms with Crippen molar-refractivity contribution in [2.75, 3.05) is 0 Å². The first-order valence-corrected chi connectivity index (χ1v) is 5.69. The second-order valence-corrected chi connectivity index (χ2v) is 4.36. The third-order valence-electron chi connectivity index (χ3n) is 2.83. The van der Waals surface area contributed by atoms with Gasteiger partial charge in [0.2, 0.25) is 5.91 Å². The lowest BCUT2D eigenvalue weighted by molar-refractivity contribution is -0.122. The summed E-state index contributed by atoms with van der Waals surface area (Å²) in [5.74, 6) is 0.0793. The van der Waals surface area contributed by atoms with Crippen LogP contribution in [-0.2, 0) is 11.3 Å². The first-order valence-electron chi connectivity index (χ1n) is 5.69. The van der Waals surface area contributed by atoms with Crippen molar-refractivity contribution in [3.05, 3.63) is 17.7 Å². The quantitative estimate of drug-likeness (QED) is 0.678. The summed E-state index contributed by atoms with van der Waals surface area (Å²) in [5.41, 5.74) is 2.01. The Bertz CT molecular complexity index is 370. The monoisotopic (exact) mass is 222 g/mol. The van der Waals surface area contributed by atoms with Crippen molar-refractivity contribution in [1.82, 2.24) is 20.6 Å². The average molecular weight is 222 g/mol. The van der Waals surface area contributed by atoms with Crippen molar-refractivity contribution in [1.29, 1.82) is 0 Å². The van der Waals surface area contributed by atoms with Gasteiger partial charge in [0.15, 0.2) is 0 Å². The van der Waals surface area contributed by atoms with Gasteiger partial charge in [-0.1, -0.05) is 0 Å². The largest absolute Gasteiger partial charge is 0.352 e. The molecule has 0 radical (unpaired) electrons. The lowest BCUT2D eigenvalue weighted by atomic mass is 10.3. The highest BCUT2D eigenvalue weighted by Crippen LogP contribution is 2.18. The Morgan fingerprint density at radius 3 is 3.00 bits per heavy atom. The molecule has 2 rings (SSSR count). The van der Waals surface area contributed by atoms with Gasteiger partial charge in [0.25, 0.3) is 0 Å². The normalized spacial score (nSPS) is 17.1. The summed E-state index contributed by atoms with van der Waals surface area (Å²) >= 11 is 0. The van der Waals surface area contributed by atoms with Crippen molar-refractivity contribution >= 4 is 5.91 Å². The number of nitrogens with one attached hydrogen (secondary N) is 3. The van der Waals surface area contributed by atoms with Crippen molar-refractivity contribution in [3.8, 4) is 0 Å². The number of aromatic nitrogens is 2. The lowest BCUT2D eigenvalue weighted by Crippen LogP contribution is -2.42. The van der Waals surface area contributed by atoms with E-state index in [0.29, 0.717) is 12.6 Å². The molecule has 1 saturated carbocycles. The number of hydrogen-bond acceptors (Lipinski definition) is 3. The Balaban J connectivity index is 1.76. The molecule has 88 valence electrons. The Kier molecular flexibility index (Phi) is 3.24. The number of hydrogen-bond donors (Lipinski definition) is 3. The van der Waals surface area contributed by atoms with Crippen LogP contribution in [0, 0.1) is 6.92 Å². The zero-order valence-electron chi connectivity index (χ0n) is 9.71. The molecule has 1 aliphatic carbocycles. The molecule has 5 nitrogen and oxygen atoms in total. The highest BCUT2D eigenvalue weighted by Gasteiger charge is 2.25. The number of imidazole rings is 1. The molecule has 0 spiro atoms. The number of amides is 1. The summed E-state index contributed by atoms with van der Waals surface area (Å²) in [7, 11) is 0. The van der Waals surface area contributed by atoms with Gasteiger partial charge in [-0.3, -0.25) is 4.79 Å². The molecular formula is C11H18N4O. The summed E-state index contributed by atoms with van der Waals surface area (Å²) in [6.07, 6.45) is 3.91. The Hall–Kier alpha value is -1.36. The summed E-state index contributed by atoms with van der Waals surface area (Å²) < 4.78 is 0. The van der Waals surface area contributed by atoms with Gasteiger partial charge in [-0.05, 0) is 26.7 Å². The zero-order chi connectivity index (χ0) is 11.5. The molecule has 1 aromatic heterocycles. The molecule has 5 heteroatoms. The molecule has 0 aliphatic heterocycles. The maximum absolute atomic E-state index is 11.6. The van der Waals surface area contributed by atoms with E-state index in [1.807, 2.05) is 13.8 Å². The number of aromatic amines is 1. The summed E-state index contributed by atoms with van der Waals surface area (Å²) in [6.45, 7) is 4.47. The van der Waals surface area contributed by atoms with Crippen LogP contribution in [0.3, 0.4) is 0 Å². The molecule has 0 saturated heterocycles. The smallest absolute Gasteiger partial charge is 0.237 e. The minimum absolute atomic E-state index is 0.0793. The van der Waals surface area contributed by atoms with E-state index in [-0.39, 0.29) is 11.9 Å². The van der Waals surface area contributed by atoms with Crippen LogP contribution < -0.4 is 10.6 Å². The molecular weight excluding hydrogens is 204 g/mol. The second kappa shape index (κ2) is 4.65. The van der Waals surface area contributed by atoms with E-state index in [1.165, 1.54) is 0 Å². The molecule has 1 aromatic rings. The van der Waals surface area contributed by atoms with E-state index < -0.39 is 0 Å². The molecule has 0 aromatic carbocycles. The lowest BCUT2D eigenvalue weighted by Gasteiger charge is -2.13. The predicted octanol–water partition coefficient (Wildman–Crippen LogP) is 0.475. The first kappa shape index (κ1) is 11.1. The van der Waals surface area contributed by atoms with Crippen LogP contribution in [0.2, 0.25) is 0 Å². The van der Waals surface area contributed by atoms with E-state index in [0.717, 1.165) is 24.2 Å². The molecule has 0 bridgehead atoms. The third-order valence-corrected chi connectivity index (χ3v) is 2.83. The topological polar surface area (TPSA) is 69.8 Å². The van der Waals surface area contributed by atoms with Crippen LogP contribution in [0.5, 0.6) is 0 Å². The molecule has 1 aliphatic rings. The van der Waals surface area contributed by atoms with Gasteiger partial charge in [-0.25, -0.2) is 4.98 Å². The van der Waals surface area contributed by atoms with Gasteiger partial charge in [0, 0.05) is 18.3 Å². The maximum atomic E-state index is 11.6. The second-order valence-electron chi connectivity index (χ2n) is 4.36.